The molecule has 7 unspecified atom stereocenters. The van der Waals surface area contributed by atoms with Gasteiger partial charge in [-0.2, -0.15) is 0 Å². The molecule has 6 aliphatic rings. The third kappa shape index (κ3) is 5.65. The summed E-state index contributed by atoms with van der Waals surface area (Å²) in [5, 5.41) is 0. The van der Waals surface area contributed by atoms with Gasteiger partial charge in [-0.3, -0.25) is 19.6 Å². The molecule has 8 nitrogen and oxygen atoms in total. The van der Waals surface area contributed by atoms with Gasteiger partial charge in [0.2, 0.25) is 0 Å². The number of carbonyl (C=O) groups is 2. The summed E-state index contributed by atoms with van der Waals surface area (Å²) in [7, 11) is 1.55. The molecule has 0 N–H and O–H groups in total. The van der Waals surface area contributed by atoms with E-state index in [1.165, 1.54) is 12.7 Å². The number of carbonyl (C=O) groups excluding carboxylic acids is 2. The van der Waals surface area contributed by atoms with Gasteiger partial charge in [0.1, 0.15) is 11.7 Å². The standard InChI is InChI=1S/C42H63N3O5/c1-6-7-11-31-22-38(50-37(31)27-45(26-33-12-8-9-15-43-33)17-10-16-44-18-20-49-21-19-44)41-25-34-30(4)13-14-35(34)40(28-46)24-32(41)23-36(29(2)3)42(40,41)39(47)48-5/h8-9,12,15,23,28-32,34-35,37-38H,6-7,10-11,13-14,16-22,24-27H2,1-5H3/t30-,31?,32?,34-,35-,37?,38?,40?,41?,42?/m1/s1. The zero-order chi connectivity index (χ0) is 35.1. The summed E-state index contributed by atoms with van der Waals surface area (Å²) in [6.07, 6.45) is 14.9. The highest BCUT2D eigenvalue weighted by Crippen LogP contribution is 2.84. The van der Waals surface area contributed by atoms with Crippen LogP contribution in [0, 0.1) is 51.8 Å². The van der Waals surface area contributed by atoms with Crippen molar-refractivity contribution in [1.29, 1.82) is 0 Å². The average Bonchev–Trinajstić information content (AvgIpc) is 3.84. The molecule has 1 aromatic rings. The predicted octanol–water partition coefficient (Wildman–Crippen LogP) is 6.58. The van der Waals surface area contributed by atoms with E-state index in [9.17, 15) is 9.59 Å². The number of hydrogen-bond donors (Lipinski definition) is 0. The number of allylic oxidation sites excluding steroid dienone is 1. The minimum atomic E-state index is -0.957. The van der Waals surface area contributed by atoms with Gasteiger partial charge in [-0.05, 0) is 99.3 Å². The molecule has 0 amide bonds. The van der Waals surface area contributed by atoms with Crippen molar-refractivity contribution in [2.75, 3.05) is 53.0 Å². The van der Waals surface area contributed by atoms with Gasteiger partial charge in [-0.15, -0.1) is 0 Å². The summed E-state index contributed by atoms with van der Waals surface area (Å²) in [5.74, 6) is 1.73. The Morgan fingerprint density at radius 1 is 1.18 bits per heavy atom. The van der Waals surface area contributed by atoms with Crippen LogP contribution in [-0.4, -0.2) is 92.3 Å². The number of methoxy groups -OCH3 is 1. The predicted molar refractivity (Wildman–Crippen MR) is 194 cm³/mol. The molecule has 0 spiro atoms. The molecule has 50 heavy (non-hydrogen) atoms. The number of fused-ring (bicyclic) bond motifs is 2. The maximum Gasteiger partial charge on any atom is 0.317 e. The van der Waals surface area contributed by atoms with E-state index in [-0.39, 0.29) is 35.9 Å². The summed E-state index contributed by atoms with van der Waals surface area (Å²) >= 11 is 0. The molecule has 8 heteroatoms. The first-order valence-electron chi connectivity index (χ1n) is 20.1. The zero-order valence-corrected chi connectivity index (χ0v) is 31.5. The molecule has 276 valence electrons. The number of esters is 1. The van der Waals surface area contributed by atoms with E-state index in [1.54, 1.807) is 7.11 Å². The molecule has 3 saturated carbocycles. The SMILES string of the molecule is CCCCC1CC(C23C[C@@H]4[C@H](C)CC[C@H]4C4(C=O)CC2C=C(C(C)C)C34C(=O)OC)OC1CN(CCCN1CCOCC1)Cc1ccccn1. The minimum Gasteiger partial charge on any atom is -0.468 e. The first-order valence-corrected chi connectivity index (χ1v) is 20.1. The molecule has 4 bridgehead atoms. The molecular weight excluding hydrogens is 626 g/mol. The Bertz CT molecular complexity index is 1380. The number of aldehydes is 1. The van der Waals surface area contributed by atoms with Crippen LogP contribution in [0.2, 0.25) is 0 Å². The number of nitrogens with zero attached hydrogens (tertiary/aromatic N) is 3. The maximum atomic E-state index is 14.8. The van der Waals surface area contributed by atoms with Gasteiger partial charge < -0.3 is 19.0 Å². The topological polar surface area (TPSA) is 81.2 Å². The van der Waals surface area contributed by atoms with Crippen molar-refractivity contribution in [2.45, 2.75) is 104 Å². The number of hydrogen-bond acceptors (Lipinski definition) is 8. The molecule has 2 saturated heterocycles. The number of aromatic nitrogens is 1. The smallest absolute Gasteiger partial charge is 0.317 e. The fourth-order valence-electron chi connectivity index (χ4n) is 12.6. The number of morpholine rings is 1. The van der Waals surface area contributed by atoms with Crippen molar-refractivity contribution in [3.05, 3.63) is 41.7 Å². The van der Waals surface area contributed by atoms with Gasteiger partial charge in [-0.1, -0.05) is 64.7 Å². The van der Waals surface area contributed by atoms with Gasteiger partial charge in [0.25, 0.3) is 0 Å². The van der Waals surface area contributed by atoms with Crippen LogP contribution in [0.25, 0.3) is 0 Å². The molecule has 3 heterocycles. The third-order valence-electron chi connectivity index (χ3n) is 14.7. The van der Waals surface area contributed by atoms with Crippen molar-refractivity contribution >= 4 is 12.3 Å². The fourth-order valence-corrected chi connectivity index (χ4v) is 12.6. The lowest BCUT2D eigenvalue weighted by Crippen LogP contribution is -2.65. The molecular formula is C42H63N3O5. The molecule has 4 aliphatic carbocycles. The Hall–Kier alpha value is -2.13. The summed E-state index contributed by atoms with van der Waals surface area (Å²) < 4.78 is 19.0. The van der Waals surface area contributed by atoms with Crippen molar-refractivity contribution in [3.8, 4) is 0 Å². The monoisotopic (exact) mass is 689 g/mol. The average molecular weight is 690 g/mol. The zero-order valence-electron chi connectivity index (χ0n) is 31.5. The molecule has 0 aromatic carbocycles. The van der Waals surface area contributed by atoms with Crippen LogP contribution >= 0.6 is 0 Å². The first-order chi connectivity index (χ1) is 24.2. The van der Waals surface area contributed by atoms with Gasteiger partial charge in [-0.25, -0.2) is 0 Å². The molecule has 5 fully saturated rings. The van der Waals surface area contributed by atoms with Crippen LogP contribution in [0.5, 0.6) is 0 Å². The van der Waals surface area contributed by atoms with Crippen LogP contribution in [0.4, 0.5) is 0 Å². The van der Waals surface area contributed by atoms with Crippen LogP contribution < -0.4 is 0 Å². The van der Waals surface area contributed by atoms with Gasteiger partial charge in [0.05, 0.1) is 43.6 Å². The van der Waals surface area contributed by atoms with Crippen LogP contribution in [0.15, 0.2) is 36.0 Å². The number of ether oxygens (including phenoxy) is 3. The van der Waals surface area contributed by atoms with Gasteiger partial charge in [0.15, 0.2) is 0 Å². The van der Waals surface area contributed by atoms with E-state index < -0.39 is 16.2 Å². The van der Waals surface area contributed by atoms with Crippen molar-refractivity contribution in [2.24, 2.45) is 51.8 Å². The highest BCUT2D eigenvalue weighted by atomic mass is 16.5. The van der Waals surface area contributed by atoms with Crippen LogP contribution in [0.3, 0.4) is 0 Å². The Kier molecular flexibility index (Phi) is 10.7. The molecule has 1 aromatic heterocycles. The quantitative estimate of drug-likeness (QED) is 0.116. The second kappa shape index (κ2) is 14.7. The van der Waals surface area contributed by atoms with Gasteiger partial charge in [0, 0.05) is 37.8 Å². The second-order valence-corrected chi connectivity index (χ2v) is 17.2. The highest BCUT2D eigenvalue weighted by molar-refractivity contribution is 5.91. The van der Waals surface area contributed by atoms with E-state index >= 15 is 0 Å². The van der Waals surface area contributed by atoms with Crippen molar-refractivity contribution < 1.29 is 23.8 Å². The summed E-state index contributed by atoms with van der Waals surface area (Å²) in [5.41, 5.74) is 0.106. The Morgan fingerprint density at radius 3 is 2.70 bits per heavy atom. The third-order valence-corrected chi connectivity index (χ3v) is 14.7. The van der Waals surface area contributed by atoms with E-state index in [0.29, 0.717) is 17.8 Å². The van der Waals surface area contributed by atoms with Crippen LogP contribution in [-0.2, 0) is 30.3 Å². The van der Waals surface area contributed by atoms with Gasteiger partial charge >= 0.3 is 5.97 Å². The van der Waals surface area contributed by atoms with E-state index in [1.807, 2.05) is 12.3 Å². The largest absolute Gasteiger partial charge is 0.468 e. The Labute approximate surface area is 301 Å². The van der Waals surface area contributed by atoms with Crippen molar-refractivity contribution in [1.82, 2.24) is 14.8 Å². The second-order valence-electron chi connectivity index (χ2n) is 17.2. The van der Waals surface area contributed by atoms with E-state index in [2.05, 4.69) is 55.7 Å². The number of pyridine rings is 1. The summed E-state index contributed by atoms with van der Waals surface area (Å²) in [4.78, 5) is 38.4. The number of unbranched alkanes of at least 4 members (excludes halogenated alkanes) is 1. The molecule has 2 aliphatic heterocycles. The molecule has 0 radical (unpaired) electrons. The molecule has 10 atom stereocenters. The lowest BCUT2D eigenvalue weighted by atomic mass is 9.41. The lowest BCUT2D eigenvalue weighted by molar-refractivity contribution is -0.200. The normalized spacial score (nSPS) is 39.3. The summed E-state index contributed by atoms with van der Waals surface area (Å²) in [6.45, 7) is 16.4. The maximum absolute atomic E-state index is 14.8. The van der Waals surface area contributed by atoms with Crippen LogP contribution in [0.1, 0.15) is 91.2 Å². The minimum absolute atomic E-state index is 0.0644. The highest BCUT2D eigenvalue weighted by Gasteiger charge is 2.86. The van der Waals surface area contributed by atoms with Crippen molar-refractivity contribution in [3.63, 3.8) is 0 Å². The van der Waals surface area contributed by atoms with E-state index in [0.717, 1.165) is 115 Å². The molecule has 7 rings (SSSR count). The fraction of sp³-hybridized carbons (Fsp3) is 0.786. The Morgan fingerprint density at radius 2 is 2.00 bits per heavy atom. The van der Waals surface area contributed by atoms with E-state index in [4.69, 9.17) is 19.2 Å². The summed E-state index contributed by atoms with van der Waals surface area (Å²) in [6, 6.07) is 6.21. The number of rotatable bonds is 15. The lowest BCUT2D eigenvalue weighted by Gasteiger charge is -2.60. The first kappa shape index (κ1) is 36.2. The Balaban J connectivity index is 1.22.